The highest BCUT2D eigenvalue weighted by Gasteiger charge is 1.82. The molecule has 0 saturated heterocycles. The first-order valence-corrected chi connectivity index (χ1v) is 4.00. The molecule has 2 nitrogen and oxygen atoms in total. The van der Waals surface area contributed by atoms with Crippen molar-refractivity contribution in [2.75, 3.05) is 13.6 Å². The Hall–Kier alpha value is -0.370. The van der Waals surface area contributed by atoms with E-state index in [9.17, 15) is 4.79 Å². The minimum absolute atomic E-state index is 0.710. The summed E-state index contributed by atoms with van der Waals surface area (Å²) in [5.41, 5.74) is 0. The van der Waals surface area contributed by atoms with Gasteiger partial charge in [0.1, 0.15) is 6.29 Å². The lowest BCUT2D eigenvalue weighted by molar-refractivity contribution is -0.107. The van der Waals surface area contributed by atoms with Crippen molar-refractivity contribution in [3.05, 3.63) is 0 Å². The summed E-state index contributed by atoms with van der Waals surface area (Å²) in [5, 5.41) is 3.01. The average Bonchev–Trinajstić information content (AvgIpc) is 2.02. The summed E-state index contributed by atoms with van der Waals surface area (Å²) >= 11 is 0. The van der Waals surface area contributed by atoms with Gasteiger partial charge in [0.2, 0.25) is 0 Å². The van der Waals surface area contributed by atoms with Gasteiger partial charge in [-0.25, -0.2) is 0 Å². The highest BCUT2D eigenvalue weighted by molar-refractivity contribution is 5.48. The smallest absolute Gasteiger partial charge is 0.119 e. The molecule has 0 fully saturated rings. The van der Waals surface area contributed by atoms with Gasteiger partial charge in [-0.2, -0.15) is 0 Å². The summed E-state index contributed by atoms with van der Waals surface area (Å²) in [4.78, 5) is 9.75. The molecule has 0 aromatic rings. The Morgan fingerprint density at radius 2 is 1.90 bits per heavy atom. The Kier molecular flexibility index (Phi) is 19.5. The molecule has 0 heterocycles. The number of aldehydes is 1. The van der Waals surface area contributed by atoms with Gasteiger partial charge >= 0.3 is 0 Å². The fourth-order valence-electron chi connectivity index (χ4n) is 0.529. The molecule has 0 radical (unpaired) electrons. The minimum Gasteiger partial charge on any atom is -0.320 e. The Balaban J connectivity index is 0. The molecule has 0 unspecified atom stereocenters. The second kappa shape index (κ2) is 15.9. The maximum atomic E-state index is 9.75. The molecule has 0 aromatic heterocycles. The maximum absolute atomic E-state index is 9.75. The highest BCUT2D eigenvalue weighted by atomic mass is 16.1. The summed E-state index contributed by atoms with van der Waals surface area (Å²) in [7, 11) is 1.92. The van der Waals surface area contributed by atoms with Crippen molar-refractivity contribution in [3.63, 3.8) is 0 Å². The molecule has 0 rings (SSSR count). The van der Waals surface area contributed by atoms with Gasteiger partial charge in [0.05, 0.1) is 0 Å². The number of carbonyl (C=O) groups excluding carboxylic acids is 1. The van der Waals surface area contributed by atoms with Crippen LogP contribution < -0.4 is 5.32 Å². The molecule has 10 heavy (non-hydrogen) atoms. The monoisotopic (exact) mass is 145 g/mol. The molecule has 0 spiro atoms. The molecule has 0 bridgehead atoms. The van der Waals surface area contributed by atoms with Crippen LogP contribution in [0, 0.1) is 0 Å². The van der Waals surface area contributed by atoms with Gasteiger partial charge in [-0.3, -0.25) is 0 Å². The zero-order chi connectivity index (χ0) is 8.24. The fourth-order valence-corrected chi connectivity index (χ4v) is 0.529. The first-order chi connectivity index (χ1) is 4.91. The molecule has 0 saturated carbocycles. The second-order valence-corrected chi connectivity index (χ2v) is 1.77. The van der Waals surface area contributed by atoms with Crippen LogP contribution in [0.5, 0.6) is 0 Å². The van der Waals surface area contributed by atoms with Crippen molar-refractivity contribution in [3.8, 4) is 0 Å². The van der Waals surface area contributed by atoms with Gasteiger partial charge in [-0.15, -0.1) is 0 Å². The van der Waals surface area contributed by atoms with Crippen LogP contribution in [0.4, 0.5) is 0 Å². The Bertz CT molecular complexity index is 55.2. The van der Waals surface area contributed by atoms with Crippen molar-refractivity contribution >= 4 is 6.29 Å². The van der Waals surface area contributed by atoms with Crippen molar-refractivity contribution in [2.45, 2.75) is 33.1 Å². The average molecular weight is 145 g/mol. The third kappa shape index (κ3) is 15.6. The van der Waals surface area contributed by atoms with E-state index in [4.69, 9.17) is 0 Å². The molecule has 0 aromatic carbocycles. The Labute approximate surface area is 64.0 Å². The van der Waals surface area contributed by atoms with Crippen molar-refractivity contribution in [1.29, 1.82) is 0 Å². The molecule has 0 amide bonds. The predicted octanol–water partition coefficient (Wildman–Crippen LogP) is 1.60. The van der Waals surface area contributed by atoms with Crippen LogP contribution in [-0.2, 0) is 4.79 Å². The topological polar surface area (TPSA) is 29.1 Å². The zero-order valence-electron chi connectivity index (χ0n) is 7.31. The van der Waals surface area contributed by atoms with E-state index in [1.807, 2.05) is 20.9 Å². The van der Waals surface area contributed by atoms with Crippen molar-refractivity contribution in [2.24, 2.45) is 0 Å². The van der Waals surface area contributed by atoms with Gasteiger partial charge < -0.3 is 10.1 Å². The molecule has 0 aliphatic carbocycles. The number of rotatable bonds is 5. The highest BCUT2D eigenvalue weighted by Crippen LogP contribution is 1.88. The van der Waals surface area contributed by atoms with Crippen LogP contribution in [0.3, 0.4) is 0 Å². The van der Waals surface area contributed by atoms with Crippen LogP contribution in [0.1, 0.15) is 33.1 Å². The van der Waals surface area contributed by atoms with Gasteiger partial charge in [0.15, 0.2) is 0 Å². The van der Waals surface area contributed by atoms with E-state index in [-0.39, 0.29) is 0 Å². The normalized spacial score (nSPS) is 7.90. The lowest BCUT2D eigenvalue weighted by Crippen LogP contribution is -2.06. The summed E-state index contributed by atoms with van der Waals surface area (Å²) in [6.45, 7) is 5.02. The van der Waals surface area contributed by atoms with Crippen molar-refractivity contribution in [1.82, 2.24) is 5.32 Å². The summed E-state index contributed by atoms with van der Waals surface area (Å²) < 4.78 is 0. The van der Waals surface area contributed by atoms with Crippen LogP contribution in [0.25, 0.3) is 0 Å². The minimum atomic E-state index is 0.710. The van der Waals surface area contributed by atoms with Gasteiger partial charge in [0.25, 0.3) is 0 Å². The summed E-state index contributed by atoms with van der Waals surface area (Å²) in [5.74, 6) is 0. The lowest BCUT2D eigenvalue weighted by atomic mass is 10.2. The molecule has 0 atom stereocenters. The van der Waals surface area contributed by atoms with E-state index in [0.29, 0.717) is 6.42 Å². The zero-order valence-corrected chi connectivity index (χ0v) is 7.31. The second-order valence-electron chi connectivity index (χ2n) is 1.77. The van der Waals surface area contributed by atoms with Gasteiger partial charge in [0, 0.05) is 6.42 Å². The first-order valence-electron chi connectivity index (χ1n) is 4.00. The molecule has 0 aliphatic rings. The van der Waals surface area contributed by atoms with Crippen LogP contribution >= 0.6 is 0 Å². The number of hydrogen-bond acceptors (Lipinski definition) is 2. The van der Waals surface area contributed by atoms with E-state index in [2.05, 4.69) is 5.32 Å². The summed E-state index contributed by atoms with van der Waals surface area (Å²) in [6.07, 6.45) is 3.80. The molecule has 2 heteroatoms. The third-order valence-electron chi connectivity index (χ3n) is 0.999. The Morgan fingerprint density at radius 3 is 2.30 bits per heavy atom. The third-order valence-corrected chi connectivity index (χ3v) is 0.999. The van der Waals surface area contributed by atoms with Gasteiger partial charge in [-0.05, 0) is 26.4 Å². The van der Waals surface area contributed by atoms with Crippen molar-refractivity contribution < 1.29 is 4.79 Å². The number of nitrogens with one attached hydrogen (secondary N) is 1. The SMILES string of the molecule is CC.CNCCCCC=O. The predicted molar refractivity (Wildman–Crippen MR) is 45.2 cm³/mol. The fraction of sp³-hybridized carbons (Fsp3) is 0.875. The van der Waals surface area contributed by atoms with Crippen LogP contribution in [-0.4, -0.2) is 19.9 Å². The lowest BCUT2D eigenvalue weighted by Gasteiger charge is -1.92. The molecule has 1 N–H and O–H groups in total. The molecule has 0 aliphatic heterocycles. The molecular formula is C8H19NO. The van der Waals surface area contributed by atoms with E-state index in [0.717, 1.165) is 25.7 Å². The Morgan fingerprint density at radius 1 is 1.30 bits per heavy atom. The summed E-state index contributed by atoms with van der Waals surface area (Å²) in [6, 6.07) is 0. The standard InChI is InChI=1S/C6H13NO.C2H6/c1-7-5-3-2-4-6-8;1-2/h6-7H,2-5H2,1H3;1-2H3. The van der Waals surface area contributed by atoms with E-state index < -0.39 is 0 Å². The number of hydrogen-bond donors (Lipinski definition) is 1. The molecular weight excluding hydrogens is 126 g/mol. The maximum Gasteiger partial charge on any atom is 0.119 e. The largest absolute Gasteiger partial charge is 0.320 e. The van der Waals surface area contributed by atoms with Crippen LogP contribution in [0.2, 0.25) is 0 Å². The van der Waals surface area contributed by atoms with Crippen LogP contribution in [0.15, 0.2) is 0 Å². The first kappa shape index (κ1) is 12.3. The quantitative estimate of drug-likeness (QED) is 0.470. The van der Waals surface area contributed by atoms with Gasteiger partial charge in [-0.1, -0.05) is 13.8 Å². The number of unbranched alkanes of at least 4 members (excludes halogenated alkanes) is 2. The number of carbonyl (C=O) groups is 1. The van der Waals surface area contributed by atoms with E-state index >= 15 is 0 Å². The molecule has 62 valence electrons. The van der Waals surface area contributed by atoms with E-state index in [1.165, 1.54) is 0 Å². The van der Waals surface area contributed by atoms with E-state index in [1.54, 1.807) is 0 Å².